The third kappa shape index (κ3) is 10.5. The van der Waals surface area contributed by atoms with Gasteiger partial charge in [0.2, 0.25) is 11.8 Å². The highest BCUT2D eigenvalue weighted by Crippen LogP contribution is 2.53. The van der Waals surface area contributed by atoms with E-state index < -0.39 is 36.2 Å². The molecule has 12 rings (SSSR count). The number of aliphatic hydroxyl groups is 2. The van der Waals surface area contributed by atoms with Gasteiger partial charge in [0.15, 0.2) is 5.75 Å². The molecular weight excluding hydrogens is 1050 g/mol. The lowest BCUT2D eigenvalue weighted by molar-refractivity contribution is -0.143. The Kier molecular flexibility index (Phi) is 14.8. The second-order valence-corrected chi connectivity index (χ2v) is 23.5. The number of ether oxygens (including phenoxy) is 3. The summed E-state index contributed by atoms with van der Waals surface area (Å²) < 4.78 is 36.6. The van der Waals surface area contributed by atoms with Crippen molar-refractivity contribution in [2.75, 3.05) is 38.3 Å². The number of carbonyl (C=O) groups excluding carboxylic acids is 2. The number of nitrogens with one attached hydrogen (secondary N) is 3. The number of carbonyl (C=O) groups is 2. The van der Waals surface area contributed by atoms with Gasteiger partial charge in [0, 0.05) is 72.7 Å². The maximum atomic E-state index is 16.1. The van der Waals surface area contributed by atoms with E-state index in [-0.39, 0.29) is 67.9 Å². The summed E-state index contributed by atoms with van der Waals surface area (Å²) in [6, 6.07) is 17.2. The van der Waals surface area contributed by atoms with Crippen molar-refractivity contribution < 1.29 is 38.4 Å². The summed E-state index contributed by atoms with van der Waals surface area (Å²) in [5.74, 6) is -0.0110. The van der Waals surface area contributed by atoms with Crippen molar-refractivity contribution >= 4 is 50.8 Å². The second kappa shape index (κ2) is 22.1. The van der Waals surface area contributed by atoms with Gasteiger partial charge in [-0.05, 0) is 98.7 Å². The van der Waals surface area contributed by atoms with Crippen molar-refractivity contribution in [1.29, 1.82) is 0 Å². The van der Waals surface area contributed by atoms with Gasteiger partial charge < -0.3 is 44.9 Å². The van der Waals surface area contributed by atoms with Gasteiger partial charge in [-0.3, -0.25) is 14.7 Å². The number of aliphatic hydroxyl groups excluding tert-OH is 2. The normalized spacial score (nSPS) is 20.4. The van der Waals surface area contributed by atoms with Gasteiger partial charge in [-0.2, -0.15) is 15.1 Å². The van der Waals surface area contributed by atoms with Crippen molar-refractivity contribution in [3.8, 4) is 44.6 Å². The number of H-pyrrole nitrogens is 1. The zero-order chi connectivity index (χ0) is 56.4. The quantitative estimate of drug-likeness (QED) is 0.0515. The molecule has 2 amide bonds. The largest absolute Gasteiger partial charge is 0.486 e. The molecule has 2 bridgehead atoms. The minimum Gasteiger partial charge on any atom is -0.486 e. The molecule has 21 heteroatoms. The molecule has 3 saturated heterocycles. The predicted octanol–water partition coefficient (Wildman–Crippen LogP) is 8.13. The van der Waals surface area contributed by atoms with Crippen molar-refractivity contribution in [2.45, 2.75) is 128 Å². The highest BCUT2D eigenvalue weighted by molar-refractivity contribution is 7.13. The van der Waals surface area contributed by atoms with Crippen molar-refractivity contribution in [3.63, 3.8) is 0 Å². The van der Waals surface area contributed by atoms with Crippen LogP contribution in [-0.2, 0) is 20.9 Å². The predicted molar refractivity (Wildman–Crippen MR) is 305 cm³/mol. The standard InChI is InChI=1S/C60H67FN12O7S/c1-30(2)54(59(77)72-25-42(75)19-49(72)58(76)65-52(34(6)74)38-14-16-39(17-15-38)56-33(5)63-29-81-56)73-26-48(69-70-73)37-10-8-35(9-11-37)28-79-55-51(50-32(4)46(61)21-47-45(50)23-64-68-47)43(36-12-13-36)20-44-53(55)66-60(80-27-31(3)78-7)67-57(44)71-24-40-18-41(71)22-62-40/h8-11,14-17,20-21,23,26,29-31,34,36,40-42,49,52,54,62,74-75H,12-13,18-19,22,24-25,27-28H2,1-7H3,(H,64,68)(H,65,76)/t31-,34-,40-,41-,42+,49-,52-,54-/m0/s1. The van der Waals surface area contributed by atoms with E-state index in [2.05, 4.69) is 47.1 Å². The van der Waals surface area contributed by atoms with E-state index >= 15 is 4.39 Å². The minimum atomic E-state index is -0.992. The van der Waals surface area contributed by atoms with Gasteiger partial charge in [0.05, 0.1) is 58.3 Å². The van der Waals surface area contributed by atoms with E-state index in [0.29, 0.717) is 45.2 Å². The fraction of sp³-hybridized carbons (Fsp3) is 0.433. The molecule has 3 aliphatic heterocycles. The number of benzene rings is 4. The lowest BCUT2D eigenvalue weighted by atomic mass is 9.88. The third-order valence-corrected chi connectivity index (χ3v) is 17.5. The van der Waals surface area contributed by atoms with Crippen LogP contribution in [0, 0.1) is 25.6 Å². The molecule has 4 fully saturated rings. The summed E-state index contributed by atoms with van der Waals surface area (Å²) in [6.45, 7) is 13.0. The van der Waals surface area contributed by atoms with Crippen LogP contribution in [0.4, 0.5) is 10.2 Å². The molecular formula is C60H67FN12O7S. The highest BCUT2D eigenvalue weighted by Gasteiger charge is 2.44. The van der Waals surface area contributed by atoms with Gasteiger partial charge in [-0.25, -0.2) is 14.1 Å². The molecule has 7 heterocycles. The lowest BCUT2D eigenvalue weighted by Crippen LogP contribution is -2.50. The fourth-order valence-corrected chi connectivity index (χ4v) is 12.8. The van der Waals surface area contributed by atoms with Gasteiger partial charge in [0.25, 0.3) is 0 Å². The summed E-state index contributed by atoms with van der Waals surface area (Å²) in [5.41, 5.74) is 10.6. The van der Waals surface area contributed by atoms with E-state index in [1.807, 2.05) is 76.2 Å². The molecule has 5 N–H and O–H groups in total. The van der Waals surface area contributed by atoms with Gasteiger partial charge in [0.1, 0.15) is 48.1 Å². The maximum absolute atomic E-state index is 16.1. The van der Waals surface area contributed by atoms with Gasteiger partial charge in [-0.1, -0.05) is 67.6 Å². The number of hydrogen-bond donors (Lipinski definition) is 5. The SMILES string of the molecule is CO[C@@H](C)COc1nc(N2C[C@@H]3C[C@H]2CN3)c2cc(C3CC3)c(-c3c(C)c(F)cc4[nH]ncc34)c(OCc3ccc(-c4cn([C@H](C(=O)N5C[C@H](O)C[C@H]5C(=O)N[C@H](c5ccc(-c6scnc6C)cc5)[C@H](C)O)C(C)C)nn4)cc3)c2n1. The first-order valence-corrected chi connectivity index (χ1v) is 28.8. The Balaban J connectivity index is 0.825. The molecule has 8 atom stereocenters. The average Bonchev–Trinajstić information content (AvgIpc) is 4.22. The van der Waals surface area contributed by atoms with E-state index in [9.17, 15) is 19.8 Å². The van der Waals surface area contributed by atoms with Crippen LogP contribution in [-0.4, -0.2) is 137 Å². The molecule has 1 saturated carbocycles. The summed E-state index contributed by atoms with van der Waals surface area (Å²) >= 11 is 1.54. The number of aromatic amines is 1. The number of halogens is 1. The lowest BCUT2D eigenvalue weighted by Gasteiger charge is -2.31. The van der Waals surface area contributed by atoms with E-state index in [0.717, 1.165) is 87.3 Å². The van der Waals surface area contributed by atoms with Crippen LogP contribution in [0.25, 0.3) is 54.6 Å². The third-order valence-electron chi connectivity index (χ3n) is 16.6. The topological polar surface area (TPSA) is 231 Å². The number of amides is 2. The number of likely N-dealkylation sites (tertiary alicyclic amines) is 1. The molecule has 0 unspecified atom stereocenters. The number of methoxy groups -OCH3 is 1. The number of thiazole rings is 1. The first-order valence-electron chi connectivity index (χ1n) is 27.9. The van der Waals surface area contributed by atoms with Crippen molar-refractivity contribution in [2.24, 2.45) is 5.92 Å². The van der Waals surface area contributed by atoms with Crippen LogP contribution in [0.5, 0.6) is 11.8 Å². The van der Waals surface area contributed by atoms with Crippen LogP contribution in [0.3, 0.4) is 0 Å². The second-order valence-electron chi connectivity index (χ2n) is 22.6. The van der Waals surface area contributed by atoms with Crippen LogP contribution >= 0.6 is 11.3 Å². The number of nitrogens with zero attached hydrogens (tertiary/aromatic N) is 9. The van der Waals surface area contributed by atoms with Gasteiger partial charge in [-0.15, -0.1) is 16.4 Å². The zero-order valence-electron chi connectivity index (χ0n) is 46.4. The van der Waals surface area contributed by atoms with E-state index in [1.54, 1.807) is 50.2 Å². The molecule has 0 radical (unpaired) electrons. The smallest absolute Gasteiger partial charge is 0.319 e. The Labute approximate surface area is 472 Å². The van der Waals surface area contributed by atoms with Crippen LogP contribution < -0.4 is 25.0 Å². The number of β-amino-alcohol motifs (C(OH)–C–C–N with tert-alkyl or cyclic N) is 1. The maximum Gasteiger partial charge on any atom is 0.319 e. The Hall–Kier alpha value is -7.43. The Morgan fingerprint density at radius 2 is 1.73 bits per heavy atom. The Morgan fingerprint density at radius 1 is 0.951 bits per heavy atom. The summed E-state index contributed by atoms with van der Waals surface area (Å²) in [6.07, 6.45) is 4.35. The molecule has 0 spiro atoms. The molecule has 81 heavy (non-hydrogen) atoms. The average molecular weight is 1120 g/mol. The summed E-state index contributed by atoms with van der Waals surface area (Å²) in [7, 11) is 1.64. The minimum absolute atomic E-state index is 0.0368. The summed E-state index contributed by atoms with van der Waals surface area (Å²) in [5, 5.41) is 46.4. The number of piperazine rings is 1. The first-order chi connectivity index (χ1) is 39.1. The summed E-state index contributed by atoms with van der Waals surface area (Å²) in [4.78, 5) is 48.3. The number of fused-ring (bicyclic) bond motifs is 4. The zero-order valence-corrected chi connectivity index (χ0v) is 47.2. The van der Waals surface area contributed by atoms with Crippen LogP contribution in [0.1, 0.15) is 99.3 Å². The van der Waals surface area contributed by atoms with E-state index in [1.165, 1.54) is 15.6 Å². The highest BCUT2D eigenvalue weighted by atomic mass is 32.1. The molecule has 4 aliphatic rings. The first kappa shape index (κ1) is 54.2. The Morgan fingerprint density at radius 3 is 2.41 bits per heavy atom. The van der Waals surface area contributed by atoms with Crippen molar-refractivity contribution in [1.82, 2.24) is 55.7 Å². The Bertz CT molecular complexity index is 3640. The molecule has 19 nitrogen and oxygen atoms in total. The van der Waals surface area contributed by atoms with E-state index in [4.69, 9.17) is 24.2 Å². The molecule has 8 aromatic rings. The monoisotopic (exact) mass is 1120 g/mol. The fourth-order valence-electron chi connectivity index (χ4n) is 12.0. The van der Waals surface area contributed by atoms with Crippen molar-refractivity contribution in [3.05, 3.63) is 112 Å². The molecule has 4 aromatic heterocycles. The molecule has 422 valence electrons. The number of aryl methyl sites for hydroxylation is 1. The number of hydrogen-bond acceptors (Lipinski definition) is 16. The van der Waals surface area contributed by atoms with Crippen LogP contribution in [0.2, 0.25) is 0 Å². The molecule has 4 aromatic carbocycles. The molecule has 1 aliphatic carbocycles. The van der Waals surface area contributed by atoms with Gasteiger partial charge >= 0.3 is 6.01 Å². The number of rotatable bonds is 19. The number of aromatic nitrogens is 8. The number of anilines is 1. The van der Waals surface area contributed by atoms with Crippen LogP contribution in [0.15, 0.2) is 78.6 Å².